The van der Waals surface area contributed by atoms with Crippen molar-refractivity contribution in [3.63, 3.8) is 0 Å². The van der Waals surface area contributed by atoms with E-state index in [0.29, 0.717) is 0 Å². The minimum Gasteiger partial charge on any atom is -0.456 e. The summed E-state index contributed by atoms with van der Waals surface area (Å²) in [6, 6.07) is 66.3. The highest BCUT2D eigenvalue weighted by Crippen LogP contribution is 2.48. The van der Waals surface area contributed by atoms with Crippen LogP contribution in [0.25, 0.3) is 109 Å². The van der Waals surface area contributed by atoms with Crippen molar-refractivity contribution in [2.45, 2.75) is 0 Å². The second-order valence-electron chi connectivity index (χ2n) is 13.5. The minimum absolute atomic E-state index is 0.910. The van der Waals surface area contributed by atoms with Gasteiger partial charge in [-0.1, -0.05) is 164 Å². The van der Waals surface area contributed by atoms with Gasteiger partial charge >= 0.3 is 0 Å². The van der Waals surface area contributed by atoms with Crippen LogP contribution in [0.2, 0.25) is 0 Å². The molecule has 0 amide bonds. The van der Waals surface area contributed by atoms with Crippen LogP contribution in [0.15, 0.2) is 186 Å². The van der Waals surface area contributed by atoms with Gasteiger partial charge in [-0.05, 0) is 105 Å². The first-order valence-electron chi connectivity index (χ1n) is 17.6. The predicted octanol–water partition coefficient (Wildman–Crippen LogP) is 14.4. The van der Waals surface area contributed by atoms with Gasteiger partial charge in [0.1, 0.15) is 11.2 Å². The zero-order valence-corrected chi connectivity index (χ0v) is 27.7. The van der Waals surface area contributed by atoms with Gasteiger partial charge in [0, 0.05) is 10.8 Å². The van der Waals surface area contributed by atoms with Crippen LogP contribution in [-0.2, 0) is 0 Å². The molecule has 11 aromatic rings. The molecule has 51 heavy (non-hydrogen) atoms. The molecule has 0 saturated heterocycles. The molecule has 0 aliphatic heterocycles. The lowest BCUT2D eigenvalue weighted by Crippen LogP contribution is -1.93. The maximum Gasteiger partial charge on any atom is 0.136 e. The molecule has 1 aromatic heterocycles. The third-order valence-electron chi connectivity index (χ3n) is 10.9. The summed E-state index contributed by atoms with van der Waals surface area (Å²) in [6.07, 6.45) is 0. The van der Waals surface area contributed by atoms with Crippen LogP contribution in [0.3, 0.4) is 0 Å². The van der Waals surface area contributed by atoms with E-state index in [1.54, 1.807) is 0 Å². The summed E-state index contributed by atoms with van der Waals surface area (Å²) < 4.78 is 6.50. The molecular formula is C50H30O. The molecule has 0 fully saturated rings. The number of hydrogen-bond donors (Lipinski definition) is 0. The first kappa shape index (κ1) is 28.2. The molecule has 0 radical (unpaired) electrons. The molecule has 0 N–H and O–H groups in total. The zero-order chi connectivity index (χ0) is 33.5. The van der Waals surface area contributed by atoms with Crippen molar-refractivity contribution in [3.8, 4) is 33.4 Å². The number of hydrogen-bond acceptors (Lipinski definition) is 1. The standard InChI is InChI=1S/C50H30O/c1-3-15-34-31(12-1)14-11-23-39(34)48-40-19-7-9-21-42(40)49(43-22-10-8-20-41(43)48)44-28-27-35(37-17-5-6-18-38(37)44)33-24-26-45-47(30-33)51-46-29-25-32-13-2-4-16-36(32)50(45)46/h1-30H. The third kappa shape index (κ3) is 4.16. The summed E-state index contributed by atoms with van der Waals surface area (Å²) in [5.74, 6) is 0. The topological polar surface area (TPSA) is 13.1 Å². The Balaban J connectivity index is 1.16. The van der Waals surface area contributed by atoms with Crippen LogP contribution in [0.5, 0.6) is 0 Å². The second-order valence-corrected chi connectivity index (χ2v) is 13.5. The van der Waals surface area contributed by atoms with Gasteiger partial charge in [-0.2, -0.15) is 0 Å². The smallest absolute Gasteiger partial charge is 0.136 e. The Labute approximate surface area is 294 Å². The van der Waals surface area contributed by atoms with E-state index >= 15 is 0 Å². The number of furan rings is 1. The molecule has 11 rings (SSSR count). The Kier molecular flexibility index (Phi) is 6.02. The van der Waals surface area contributed by atoms with E-state index in [2.05, 4.69) is 182 Å². The molecule has 1 nitrogen and oxygen atoms in total. The normalized spacial score (nSPS) is 11.9. The van der Waals surface area contributed by atoms with Gasteiger partial charge in [-0.25, -0.2) is 0 Å². The molecule has 0 aliphatic carbocycles. The Bertz CT molecular complexity index is 3130. The average Bonchev–Trinajstić information content (AvgIpc) is 3.58. The number of rotatable bonds is 3. The third-order valence-corrected chi connectivity index (χ3v) is 10.9. The van der Waals surface area contributed by atoms with E-state index in [-0.39, 0.29) is 0 Å². The fourth-order valence-corrected chi connectivity index (χ4v) is 8.63. The SMILES string of the molecule is c1ccc2c(-c3c4ccccc4c(-c4ccc(-c5ccc6c(c5)oc5ccc7ccccc7c56)c5ccccc45)c4ccccc34)cccc2c1. The summed E-state index contributed by atoms with van der Waals surface area (Å²) >= 11 is 0. The first-order valence-corrected chi connectivity index (χ1v) is 17.6. The highest BCUT2D eigenvalue weighted by Gasteiger charge is 2.20. The minimum atomic E-state index is 0.910. The fourth-order valence-electron chi connectivity index (χ4n) is 8.63. The van der Waals surface area contributed by atoms with Gasteiger partial charge in [0.05, 0.1) is 0 Å². The first-order chi connectivity index (χ1) is 25.3. The number of benzene rings is 10. The quantitative estimate of drug-likeness (QED) is 0.174. The molecule has 0 saturated carbocycles. The van der Waals surface area contributed by atoms with Crippen molar-refractivity contribution >= 4 is 75.8 Å². The molecule has 0 spiro atoms. The lowest BCUT2D eigenvalue weighted by Gasteiger charge is -2.20. The van der Waals surface area contributed by atoms with Gasteiger partial charge in [0.15, 0.2) is 0 Å². The molecular weight excluding hydrogens is 617 g/mol. The average molecular weight is 647 g/mol. The molecule has 1 heteroatoms. The van der Waals surface area contributed by atoms with Gasteiger partial charge in [-0.15, -0.1) is 0 Å². The predicted molar refractivity (Wildman–Crippen MR) is 218 cm³/mol. The Morgan fingerprint density at radius 3 is 1.43 bits per heavy atom. The van der Waals surface area contributed by atoms with E-state index < -0.39 is 0 Å². The summed E-state index contributed by atoms with van der Waals surface area (Å²) in [5, 5.41) is 14.8. The van der Waals surface area contributed by atoms with Crippen LogP contribution in [-0.4, -0.2) is 0 Å². The van der Waals surface area contributed by atoms with Crippen LogP contribution in [0.4, 0.5) is 0 Å². The van der Waals surface area contributed by atoms with E-state index in [1.807, 2.05) is 0 Å². The van der Waals surface area contributed by atoms with Crippen molar-refractivity contribution < 1.29 is 4.42 Å². The summed E-state index contributed by atoms with van der Waals surface area (Å²) in [5.41, 5.74) is 9.24. The maximum atomic E-state index is 6.50. The molecule has 10 aromatic carbocycles. The van der Waals surface area contributed by atoms with Gasteiger partial charge in [0.25, 0.3) is 0 Å². The molecule has 0 atom stereocenters. The number of fused-ring (bicyclic) bond motifs is 9. The van der Waals surface area contributed by atoms with Crippen molar-refractivity contribution in [1.29, 1.82) is 0 Å². The van der Waals surface area contributed by atoms with Crippen LogP contribution in [0, 0.1) is 0 Å². The van der Waals surface area contributed by atoms with E-state index in [0.717, 1.165) is 22.1 Å². The highest BCUT2D eigenvalue weighted by molar-refractivity contribution is 6.26. The summed E-state index contributed by atoms with van der Waals surface area (Å²) in [7, 11) is 0. The lowest BCUT2D eigenvalue weighted by molar-refractivity contribution is 0.669. The maximum absolute atomic E-state index is 6.50. The van der Waals surface area contributed by atoms with Gasteiger partial charge < -0.3 is 4.42 Å². The van der Waals surface area contributed by atoms with Crippen molar-refractivity contribution in [2.75, 3.05) is 0 Å². The molecule has 0 bridgehead atoms. The van der Waals surface area contributed by atoms with Gasteiger partial charge in [0.2, 0.25) is 0 Å². The molecule has 236 valence electrons. The lowest BCUT2D eigenvalue weighted by atomic mass is 9.83. The molecule has 1 heterocycles. The summed E-state index contributed by atoms with van der Waals surface area (Å²) in [4.78, 5) is 0. The van der Waals surface area contributed by atoms with Gasteiger partial charge in [-0.3, -0.25) is 0 Å². The highest BCUT2D eigenvalue weighted by atomic mass is 16.3. The summed E-state index contributed by atoms with van der Waals surface area (Å²) in [6.45, 7) is 0. The Morgan fingerprint density at radius 2 is 0.765 bits per heavy atom. The largest absolute Gasteiger partial charge is 0.456 e. The molecule has 0 unspecified atom stereocenters. The Hall–Kier alpha value is -6.70. The van der Waals surface area contributed by atoms with Crippen LogP contribution >= 0.6 is 0 Å². The zero-order valence-electron chi connectivity index (χ0n) is 27.7. The fraction of sp³-hybridized carbons (Fsp3) is 0. The van der Waals surface area contributed by atoms with Crippen molar-refractivity contribution in [2.24, 2.45) is 0 Å². The Morgan fingerprint density at radius 1 is 0.275 bits per heavy atom. The van der Waals surface area contributed by atoms with Crippen molar-refractivity contribution in [3.05, 3.63) is 182 Å². The second kappa shape index (κ2) is 10.9. The van der Waals surface area contributed by atoms with Crippen LogP contribution in [0.1, 0.15) is 0 Å². The van der Waals surface area contributed by atoms with E-state index in [4.69, 9.17) is 4.42 Å². The molecule has 0 aliphatic rings. The monoisotopic (exact) mass is 646 g/mol. The van der Waals surface area contributed by atoms with Crippen molar-refractivity contribution in [1.82, 2.24) is 0 Å². The van der Waals surface area contributed by atoms with E-state index in [1.165, 1.54) is 87.1 Å². The van der Waals surface area contributed by atoms with E-state index in [9.17, 15) is 0 Å². The van der Waals surface area contributed by atoms with Crippen LogP contribution < -0.4 is 0 Å².